The lowest BCUT2D eigenvalue weighted by Gasteiger charge is -2.27. The van der Waals surface area contributed by atoms with E-state index in [1.165, 1.54) is 4.57 Å². The van der Waals surface area contributed by atoms with Crippen LogP contribution in [0.2, 0.25) is 0 Å². The van der Waals surface area contributed by atoms with E-state index in [1.807, 2.05) is 62.4 Å². The number of nitrogens with zero attached hydrogens (tertiary/aromatic N) is 4. The molecule has 0 saturated carbocycles. The van der Waals surface area contributed by atoms with Crippen molar-refractivity contribution in [3.63, 3.8) is 0 Å². The van der Waals surface area contributed by atoms with Crippen LogP contribution in [0.15, 0.2) is 53.3 Å². The highest BCUT2D eigenvalue weighted by atomic mass is 16.2. The Morgan fingerprint density at radius 3 is 2.48 bits per heavy atom. The van der Waals surface area contributed by atoms with Gasteiger partial charge in [0.2, 0.25) is 11.7 Å². The van der Waals surface area contributed by atoms with Crippen LogP contribution in [0.3, 0.4) is 0 Å². The third-order valence-corrected chi connectivity index (χ3v) is 5.58. The van der Waals surface area contributed by atoms with Gasteiger partial charge in [-0.15, -0.1) is 5.10 Å². The lowest BCUT2D eigenvalue weighted by Crippen LogP contribution is -2.42. The summed E-state index contributed by atoms with van der Waals surface area (Å²) in [5.74, 6) is -0.587. The highest BCUT2D eigenvalue weighted by Crippen LogP contribution is 2.17. The molecule has 2 heterocycles. The Morgan fingerprint density at radius 2 is 1.74 bits per heavy atom. The number of rotatable bonds is 6. The van der Waals surface area contributed by atoms with E-state index in [0.717, 1.165) is 27.8 Å². The second-order valence-corrected chi connectivity index (χ2v) is 7.63. The van der Waals surface area contributed by atoms with Crippen molar-refractivity contribution in [3.05, 3.63) is 81.5 Å². The summed E-state index contributed by atoms with van der Waals surface area (Å²) in [6.07, 6.45) is 0.778. The Labute approximate surface area is 180 Å². The van der Waals surface area contributed by atoms with Crippen LogP contribution in [0.5, 0.6) is 0 Å². The smallest absolute Gasteiger partial charge is 0.330 e. The minimum absolute atomic E-state index is 0.0755. The number of amides is 2. The summed E-state index contributed by atoms with van der Waals surface area (Å²) in [6.45, 7) is 4.99. The van der Waals surface area contributed by atoms with Crippen LogP contribution in [-0.2, 0) is 30.8 Å². The van der Waals surface area contributed by atoms with Gasteiger partial charge in [0.05, 0.1) is 0 Å². The number of benzene rings is 2. The number of hydrogen-bond donors (Lipinski definition) is 1. The number of carbonyl (C=O) groups excluding carboxylic acids is 2. The Bertz CT molecular complexity index is 1190. The number of aromatic nitrogens is 3. The number of hydrogen-bond acceptors (Lipinski definition) is 4. The van der Waals surface area contributed by atoms with Gasteiger partial charge in [-0.2, -0.15) is 0 Å². The largest absolute Gasteiger partial charge is 0.346 e. The van der Waals surface area contributed by atoms with Gasteiger partial charge in [-0.05, 0) is 36.1 Å². The first-order valence-electron chi connectivity index (χ1n) is 10.4. The van der Waals surface area contributed by atoms with Gasteiger partial charge in [-0.25, -0.2) is 9.48 Å². The third-order valence-electron chi connectivity index (χ3n) is 5.58. The standard InChI is InChI=1S/C23H25N5O3/c1-3-17-9-6-7-11-19(17)24-20(29)15-28-23(31)27-13-12-26(22(30)21(27)25-28)14-18-10-5-4-8-16(18)2/h4-11H,3,12-15H2,1-2H3,(H,24,29). The first kappa shape index (κ1) is 20.6. The Morgan fingerprint density at radius 1 is 1.03 bits per heavy atom. The summed E-state index contributed by atoms with van der Waals surface area (Å²) in [5.41, 5.74) is 3.44. The molecule has 0 aliphatic carbocycles. The van der Waals surface area contributed by atoms with Crippen molar-refractivity contribution >= 4 is 17.5 Å². The summed E-state index contributed by atoms with van der Waals surface area (Å²) in [4.78, 5) is 39.9. The van der Waals surface area contributed by atoms with E-state index in [9.17, 15) is 14.4 Å². The molecule has 0 radical (unpaired) electrons. The molecule has 0 saturated heterocycles. The molecule has 0 bridgehead atoms. The van der Waals surface area contributed by atoms with E-state index < -0.39 is 5.69 Å². The van der Waals surface area contributed by atoms with Crippen molar-refractivity contribution in [3.8, 4) is 0 Å². The number of carbonyl (C=O) groups is 2. The van der Waals surface area contributed by atoms with E-state index in [-0.39, 0.29) is 24.2 Å². The summed E-state index contributed by atoms with van der Waals surface area (Å²) in [7, 11) is 0. The zero-order valence-electron chi connectivity index (χ0n) is 17.7. The molecule has 3 aromatic rings. The van der Waals surface area contributed by atoms with Gasteiger partial charge >= 0.3 is 5.69 Å². The SMILES string of the molecule is CCc1ccccc1NC(=O)Cn1nc2n(c1=O)CCN(Cc1ccccc1C)C2=O. The number of aryl methyl sites for hydroxylation is 2. The maximum atomic E-state index is 12.9. The Kier molecular flexibility index (Phi) is 5.70. The predicted octanol–water partition coefficient (Wildman–Crippen LogP) is 2.21. The highest BCUT2D eigenvalue weighted by Gasteiger charge is 2.30. The monoisotopic (exact) mass is 419 g/mol. The van der Waals surface area contributed by atoms with Crippen LogP contribution in [-0.4, -0.2) is 37.6 Å². The molecule has 4 rings (SSSR count). The van der Waals surface area contributed by atoms with Crippen LogP contribution in [0.25, 0.3) is 0 Å². The molecule has 31 heavy (non-hydrogen) atoms. The normalized spacial score (nSPS) is 13.2. The average Bonchev–Trinajstić information content (AvgIpc) is 3.08. The molecule has 0 fully saturated rings. The maximum Gasteiger partial charge on any atom is 0.346 e. The lowest BCUT2D eigenvalue weighted by molar-refractivity contribution is -0.117. The second kappa shape index (κ2) is 8.59. The van der Waals surface area contributed by atoms with Crippen molar-refractivity contribution < 1.29 is 9.59 Å². The average molecular weight is 419 g/mol. The molecule has 0 atom stereocenters. The van der Waals surface area contributed by atoms with Crippen molar-refractivity contribution in [2.45, 2.75) is 39.9 Å². The van der Waals surface area contributed by atoms with Gasteiger partial charge in [-0.3, -0.25) is 14.2 Å². The summed E-state index contributed by atoms with van der Waals surface area (Å²) < 4.78 is 2.42. The molecule has 0 unspecified atom stereocenters. The van der Waals surface area contributed by atoms with Gasteiger partial charge < -0.3 is 10.2 Å². The molecular weight excluding hydrogens is 394 g/mol. The molecule has 8 nitrogen and oxygen atoms in total. The van der Waals surface area contributed by atoms with Crippen molar-refractivity contribution in [1.29, 1.82) is 0 Å². The minimum Gasteiger partial charge on any atom is -0.330 e. The topological polar surface area (TPSA) is 89.2 Å². The van der Waals surface area contributed by atoms with Crippen LogP contribution in [0.4, 0.5) is 5.69 Å². The van der Waals surface area contributed by atoms with Gasteiger partial charge in [0, 0.05) is 25.3 Å². The molecule has 1 aliphatic heterocycles. The molecule has 1 aromatic heterocycles. The minimum atomic E-state index is -0.446. The maximum absolute atomic E-state index is 12.9. The predicted molar refractivity (Wildman–Crippen MR) is 117 cm³/mol. The van der Waals surface area contributed by atoms with E-state index in [2.05, 4.69) is 10.4 Å². The number of nitrogens with one attached hydrogen (secondary N) is 1. The van der Waals surface area contributed by atoms with Crippen molar-refractivity contribution in [2.75, 3.05) is 11.9 Å². The number of anilines is 1. The lowest BCUT2D eigenvalue weighted by atomic mass is 10.1. The fourth-order valence-electron chi connectivity index (χ4n) is 3.79. The second-order valence-electron chi connectivity index (χ2n) is 7.63. The van der Waals surface area contributed by atoms with E-state index in [4.69, 9.17) is 0 Å². The highest BCUT2D eigenvalue weighted by molar-refractivity contribution is 5.92. The van der Waals surface area contributed by atoms with Crippen LogP contribution in [0.1, 0.15) is 34.2 Å². The quantitative estimate of drug-likeness (QED) is 0.663. The molecule has 0 spiro atoms. The third kappa shape index (κ3) is 4.14. The molecule has 160 valence electrons. The fourth-order valence-corrected chi connectivity index (χ4v) is 3.79. The van der Waals surface area contributed by atoms with Crippen LogP contribution < -0.4 is 11.0 Å². The van der Waals surface area contributed by atoms with E-state index >= 15 is 0 Å². The number of para-hydroxylation sites is 1. The van der Waals surface area contributed by atoms with Gasteiger partial charge in [0.1, 0.15) is 6.54 Å². The van der Waals surface area contributed by atoms with Gasteiger partial charge in [-0.1, -0.05) is 49.4 Å². The Balaban J connectivity index is 1.50. The van der Waals surface area contributed by atoms with Gasteiger partial charge in [0.15, 0.2) is 0 Å². The summed E-state index contributed by atoms with van der Waals surface area (Å²) in [6, 6.07) is 15.4. The van der Waals surface area contributed by atoms with Gasteiger partial charge in [0.25, 0.3) is 5.91 Å². The van der Waals surface area contributed by atoms with E-state index in [0.29, 0.717) is 25.3 Å². The van der Waals surface area contributed by atoms with Crippen molar-refractivity contribution in [1.82, 2.24) is 19.2 Å². The summed E-state index contributed by atoms with van der Waals surface area (Å²) >= 11 is 0. The first-order valence-corrected chi connectivity index (χ1v) is 10.4. The molecule has 1 aliphatic rings. The molecular formula is C23H25N5O3. The van der Waals surface area contributed by atoms with E-state index in [1.54, 1.807) is 4.90 Å². The fraction of sp³-hybridized carbons (Fsp3) is 0.304. The van der Waals surface area contributed by atoms with Crippen LogP contribution >= 0.6 is 0 Å². The molecule has 2 aromatic carbocycles. The zero-order valence-corrected chi connectivity index (χ0v) is 17.7. The summed E-state index contributed by atoms with van der Waals surface area (Å²) in [5, 5.41) is 7.02. The first-order chi connectivity index (χ1) is 15.0. The van der Waals surface area contributed by atoms with Crippen molar-refractivity contribution in [2.24, 2.45) is 0 Å². The molecule has 2 amide bonds. The Hall–Kier alpha value is -3.68. The molecule has 8 heteroatoms. The zero-order chi connectivity index (χ0) is 22.0. The number of fused-ring (bicyclic) bond motifs is 1. The van der Waals surface area contributed by atoms with Crippen LogP contribution in [0, 0.1) is 6.92 Å². The molecule has 1 N–H and O–H groups in total.